The van der Waals surface area contributed by atoms with Crippen LogP contribution < -0.4 is 5.32 Å². The predicted octanol–water partition coefficient (Wildman–Crippen LogP) is 2.59. The predicted molar refractivity (Wildman–Crippen MR) is 73.0 cm³/mol. The standard InChI is InChI=1S/C14H25N3O2/c1-5-15-11-8-6-10(7-9-11)12-16-13(17-19-12)14(2,3)18-4/h10-11,15H,5-9H2,1-4H3. The van der Waals surface area contributed by atoms with Gasteiger partial charge in [-0.15, -0.1) is 0 Å². The minimum Gasteiger partial charge on any atom is -0.371 e. The van der Waals surface area contributed by atoms with E-state index in [0.717, 1.165) is 25.3 Å². The molecule has 2 rings (SSSR count). The lowest BCUT2D eigenvalue weighted by Crippen LogP contribution is -2.32. The first-order valence-corrected chi connectivity index (χ1v) is 7.19. The second kappa shape index (κ2) is 6.01. The Morgan fingerprint density at radius 3 is 2.58 bits per heavy atom. The average Bonchev–Trinajstić information content (AvgIpc) is 2.90. The summed E-state index contributed by atoms with van der Waals surface area (Å²) in [5, 5.41) is 7.57. The van der Waals surface area contributed by atoms with Gasteiger partial charge < -0.3 is 14.6 Å². The molecule has 19 heavy (non-hydrogen) atoms. The maximum Gasteiger partial charge on any atom is 0.229 e. The Balaban J connectivity index is 1.97. The van der Waals surface area contributed by atoms with Crippen molar-refractivity contribution >= 4 is 0 Å². The van der Waals surface area contributed by atoms with Crippen LogP contribution in [-0.4, -0.2) is 29.8 Å². The van der Waals surface area contributed by atoms with Crippen LogP contribution in [0.5, 0.6) is 0 Å². The zero-order valence-electron chi connectivity index (χ0n) is 12.4. The lowest BCUT2D eigenvalue weighted by Gasteiger charge is -2.26. The second-order valence-corrected chi connectivity index (χ2v) is 5.78. The van der Waals surface area contributed by atoms with Crippen molar-refractivity contribution in [3.63, 3.8) is 0 Å². The van der Waals surface area contributed by atoms with E-state index in [1.54, 1.807) is 7.11 Å². The minimum atomic E-state index is -0.483. The van der Waals surface area contributed by atoms with Crippen LogP contribution in [0.3, 0.4) is 0 Å². The Morgan fingerprint density at radius 2 is 2.00 bits per heavy atom. The fourth-order valence-corrected chi connectivity index (χ4v) is 2.57. The summed E-state index contributed by atoms with van der Waals surface area (Å²) in [5.41, 5.74) is -0.483. The lowest BCUT2D eigenvalue weighted by atomic mass is 9.86. The van der Waals surface area contributed by atoms with Crippen LogP contribution in [0.25, 0.3) is 0 Å². The maximum atomic E-state index is 5.43. The number of aromatic nitrogens is 2. The monoisotopic (exact) mass is 267 g/mol. The number of nitrogens with zero attached hydrogens (tertiary/aromatic N) is 2. The van der Waals surface area contributed by atoms with Crippen molar-refractivity contribution < 1.29 is 9.26 Å². The first-order valence-electron chi connectivity index (χ1n) is 7.19. The molecule has 0 amide bonds. The molecule has 108 valence electrons. The fourth-order valence-electron chi connectivity index (χ4n) is 2.57. The van der Waals surface area contributed by atoms with E-state index in [1.165, 1.54) is 12.8 Å². The molecule has 0 aromatic carbocycles. The van der Waals surface area contributed by atoms with E-state index < -0.39 is 5.60 Å². The Kier molecular flexibility index (Phi) is 4.58. The third kappa shape index (κ3) is 3.34. The van der Waals surface area contributed by atoms with Gasteiger partial charge in [0.2, 0.25) is 11.7 Å². The number of methoxy groups -OCH3 is 1. The van der Waals surface area contributed by atoms with Crippen molar-refractivity contribution in [1.82, 2.24) is 15.5 Å². The van der Waals surface area contributed by atoms with Crippen molar-refractivity contribution in [3.05, 3.63) is 11.7 Å². The van der Waals surface area contributed by atoms with E-state index in [4.69, 9.17) is 9.26 Å². The Morgan fingerprint density at radius 1 is 1.32 bits per heavy atom. The number of nitrogens with one attached hydrogen (secondary N) is 1. The van der Waals surface area contributed by atoms with Gasteiger partial charge in [0.15, 0.2) is 0 Å². The van der Waals surface area contributed by atoms with Gasteiger partial charge in [0, 0.05) is 19.1 Å². The molecule has 1 aliphatic carbocycles. The van der Waals surface area contributed by atoms with Crippen LogP contribution in [0.4, 0.5) is 0 Å². The zero-order valence-corrected chi connectivity index (χ0v) is 12.4. The van der Waals surface area contributed by atoms with Crippen LogP contribution in [0.15, 0.2) is 4.52 Å². The van der Waals surface area contributed by atoms with Gasteiger partial charge >= 0.3 is 0 Å². The van der Waals surface area contributed by atoms with Crippen LogP contribution in [0.1, 0.15) is 64.1 Å². The highest BCUT2D eigenvalue weighted by Gasteiger charge is 2.30. The van der Waals surface area contributed by atoms with E-state index in [9.17, 15) is 0 Å². The van der Waals surface area contributed by atoms with Gasteiger partial charge in [-0.1, -0.05) is 12.1 Å². The van der Waals surface area contributed by atoms with Gasteiger partial charge in [0.05, 0.1) is 0 Å². The molecule has 0 radical (unpaired) electrons. The Bertz CT molecular complexity index is 395. The molecular formula is C14H25N3O2. The highest BCUT2D eigenvalue weighted by atomic mass is 16.5. The second-order valence-electron chi connectivity index (χ2n) is 5.78. The van der Waals surface area contributed by atoms with Crippen LogP contribution >= 0.6 is 0 Å². The molecule has 0 bridgehead atoms. The molecule has 0 saturated heterocycles. The molecule has 1 aliphatic rings. The molecule has 1 N–H and O–H groups in total. The summed E-state index contributed by atoms with van der Waals surface area (Å²) >= 11 is 0. The zero-order chi connectivity index (χ0) is 13.9. The van der Waals surface area contributed by atoms with E-state index in [-0.39, 0.29) is 0 Å². The normalized spacial score (nSPS) is 24.6. The van der Waals surface area contributed by atoms with Crippen LogP contribution in [0.2, 0.25) is 0 Å². The van der Waals surface area contributed by atoms with E-state index in [1.807, 2.05) is 13.8 Å². The van der Waals surface area contributed by atoms with E-state index in [0.29, 0.717) is 17.8 Å². The SMILES string of the molecule is CCNC1CCC(c2nc(C(C)(C)OC)no2)CC1. The van der Waals surface area contributed by atoms with Gasteiger partial charge in [0.25, 0.3) is 0 Å². The van der Waals surface area contributed by atoms with Crippen molar-refractivity contribution in [1.29, 1.82) is 0 Å². The fraction of sp³-hybridized carbons (Fsp3) is 0.857. The summed E-state index contributed by atoms with van der Waals surface area (Å²) in [7, 11) is 1.66. The Labute approximate surface area is 115 Å². The number of rotatable bonds is 5. The van der Waals surface area contributed by atoms with Gasteiger partial charge in [-0.3, -0.25) is 0 Å². The van der Waals surface area contributed by atoms with Gasteiger partial charge in [-0.05, 0) is 46.1 Å². The van der Waals surface area contributed by atoms with Crippen molar-refractivity contribution in [2.24, 2.45) is 0 Å². The molecule has 1 fully saturated rings. The van der Waals surface area contributed by atoms with Gasteiger partial charge in [0.1, 0.15) is 5.60 Å². The number of hydrogen-bond acceptors (Lipinski definition) is 5. The quantitative estimate of drug-likeness (QED) is 0.888. The first-order chi connectivity index (χ1) is 9.06. The molecule has 0 atom stereocenters. The minimum absolute atomic E-state index is 0.406. The summed E-state index contributed by atoms with van der Waals surface area (Å²) < 4.78 is 10.8. The molecule has 0 aliphatic heterocycles. The maximum absolute atomic E-state index is 5.43. The third-order valence-corrected chi connectivity index (χ3v) is 4.06. The molecule has 1 saturated carbocycles. The Hall–Kier alpha value is -0.940. The highest BCUT2D eigenvalue weighted by molar-refractivity contribution is 5.02. The van der Waals surface area contributed by atoms with Crippen LogP contribution in [0, 0.1) is 0 Å². The first kappa shape index (κ1) is 14.5. The smallest absolute Gasteiger partial charge is 0.229 e. The highest BCUT2D eigenvalue weighted by Crippen LogP contribution is 2.33. The number of ether oxygens (including phenoxy) is 1. The molecule has 1 aromatic rings. The summed E-state index contributed by atoms with van der Waals surface area (Å²) in [5.74, 6) is 1.82. The molecule has 5 nitrogen and oxygen atoms in total. The summed E-state index contributed by atoms with van der Waals surface area (Å²) in [4.78, 5) is 4.52. The topological polar surface area (TPSA) is 60.2 Å². The largest absolute Gasteiger partial charge is 0.371 e. The van der Waals surface area contributed by atoms with Crippen molar-refractivity contribution in [3.8, 4) is 0 Å². The average molecular weight is 267 g/mol. The molecule has 0 unspecified atom stereocenters. The molecular weight excluding hydrogens is 242 g/mol. The summed E-state index contributed by atoms with van der Waals surface area (Å²) in [6.07, 6.45) is 4.60. The lowest BCUT2D eigenvalue weighted by molar-refractivity contribution is 0.00973. The molecule has 5 heteroatoms. The summed E-state index contributed by atoms with van der Waals surface area (Å²) in [6, 6.07) is 0.652. The molecule has 1 aromatic heterocycles. The van der Waals surface area contributed by atoms with Gasteiger partial charge in [-0.25, -0.2) is 0 Å². The number of hydrogen-bond donors (Lipinski definition) is 1. The molecule has 1 heterocycles. The van der Waals surface area contributed by atoms with Crippen molar-refractivity contribution in [2.75, 3.05) is 13.7 Å². The van der Waals surface area contributed by atoms with Crippen molar-refractivity contribution in [2.45, 2.75) is 64.0 Å². The van der Waals surface area contributed by atoms with Crippen LogP contribution in [-0.2, 0) is 10.3 Å². The van der Waals surface area contributed by atoms with E-state index >= 15 is 0 Å². The molecule has 0 spiro atoms. The summed E-state index contributed by atoms with van der Waals surface area (Å²) in [6.45, 7) is 7.10. The van der Waals surface area contributed by atoms with Gasteiger partial charge in [-0.2, -0.15) is 4.98 Å². The van der Waals surface area contributed by atoms with E-state index in [2.05, 4.69) is 22.4 Å². The third-order valence-electron chi connectivity index (χ3n) is 4.06.